The zero-order chi connectivity index (χ0) is 17.3. The zero-order valence-electron chi connectivity index (χ0n) is 12.0. The Morgan fingerprint density at radius 1 is 1.08 bits per heavy atom. The fourth-order valence-electron chi connectivity index (χ4n) is 2.33. The van der Waals surface area contributed by atoms with E-state index >= 15 is 0 Å². The molecule has 2 aromatic carbocycles. The summed E-state index contributed by atoms with van der Waals surface area (Å²) in [6, 6.07) is 8.48. The lowest BCUT2D eigenvalue weighted by molar-refractivity contribution is -0.137. The average molecular weight is 338 g/mol. The number of benzene rings is 2. The molecule has 1 aliphatic rings. The van der Waals surface area contributed by atoms with Crippen molar-refractivity contribution in [3.8, 4) is 11.1 Å². The first-order valence-corrected chi connectivity index (χ1v) is 6.81. The first kappa shape index (κ1) is 16.0. The van der Waals surface area contributed by atoms with Crippen LogP contribution in [0.1, 0.15) is 11.1 Å². The van der Waals surface area contributed by atoms with Crippen LogP contribution in [0.2, 0.25) is 0 Å². The molecule has 0 unspecified atom stereocenters. The van der Waals surface area contributed by atoms with Gasteiger partial charge in [-0.1, -0.05) is 24.3 Å². The number of rotatable bonds is 2. The van der Waals surface area contributed by atoms with Crippen LogP contribution in [-0.4, -0.2) is 18.4 Å². The van der Waals surface area contributed by atoms with Crippen LogP contribution in [0.4, 0.5) is 22.4 Å². The van der Waals surface area contributed by atoms with Gasteiger partial charge in [0.05, 0.1) is 5.56 Å². The van der Waals surface area contributed by atoms with Gasteiger partial charge >= 0.3 is 12.3 Å². The van der Waals surface area contributed by atoms with Crippen molar-refractivity contribution < 1.29 is 27.1 Å². The third-order valence-electron chi connectivity index (χ3n) is 3.42. The predicted molar refractivity (Wildman–Crippen MR) is 77.9 cm³/mol. The summed E-state index contributed by atoms with van der Waals surface area (Å²) < 4.78 is 58.2. The summed E-state index contributed by atoms with van der Waals surface area (Å²) in [6.07, 6.45) is -5.41. The molecule has 0 aromatic heterocycles. The zero-order valence-corrected chi connectivity index (χ0v) is 12.0. The van der Waals surface area contributed by atoms with Gasteiger partial charge in [-0.15, -0.1) is 0 Å². The molecule has 0 atom stereocenters. The maximum Gasteiger partial charge on any atom is 0.428 e. The van der Waals surface area contributed by atoms with E-state index in [4.69, 9.17) is 0 Å². The minimum atomic E-state index is -4.64. The molecule has 124 valence electrons. The van der Waals surface area contributed by atoms with Gasteiger partial charge in [-0.2, -0.15) is 18.3 Å². The summed E-state index contributed by atoms with van der Waals surface area (Å²) in [7, 11) is 0. The van der Waals surface area contributed by atoms with Crippen molar-refractivity contribution in [1.82, 2.24) is 5.43 Å². The molecule has 8 heteroatoms. The van der Waals surface area contributed by atoms with Crippen molar-refractivity contribution in [2.75, 3.05) is 6.61 Å². The van der Waals surface area contributed by atoms with Crippen LogP contribution >= 0.6 is 0 Å². The first-order chi connectivity index (χ1) is 11.3. The molecule has 2 aromatic rings. The molecule has 0 saturated heterocycles. The number of halogens is 4. The highest BCUT2D eigenvalue weighted by Gasteiger charge is 2.34. The van der Waals surface area contributed by atoms with Crippen molar-refractivity contribution >= 4 is 11.8 Å². The lowest BCUT2D eigenvalue weighted by Crippen LogP contribution is -2.30. The molecule has 0 fully saturated rings. The van der Waals surface area contributed by atoms with Crippen molar-refractivity contribution in [3.63, 3.8) is 0 Å². The second-order valence-electron chi connectivity index (χ2n) is 5.01. The third kappa shape index (κ3) is 3.22. The number of cyclic esters (lactones) is 1. The van der Waals surface area contributed by atoms with Crippen molar-refractivity contribution in [2.45, 2.75) is 6.18 Å². The Bertz CT molecular complexity index is 831. The fourth-order valence-corrected chi connectivity index (χ4v) is 2.33. The van der Waals surface area contributed by atoms with Crippen LogP contribution in [0, 0.1) is 5.82 Å². The number of ether oxygens (including phenoxy) is 1. The second-order valence-corrected chi connectivity index (χ2v) is 5.01. The van der Waals surface area contributed by atoms with Gasteiger partial charge in [-0.25, -0.2) is 14.6 Å². The lowest BCUT2D eigenvalue weighted by Gasteiger charge is -2.17. The predicted octanol–water partition coefficient (Wildman–Crippen LogP) is 3.96. The summed E-state index contributed by atoms with van der Waals surface area (Å²) in [6.45, 7) is -0.234. The molecule has 0 radical (unpaired) electrons. The maximum absolute atomic E-state index is 13.4. The first-order valence-electron chi connectivity index (χ1n) is 6.81. The van der Waals surface area contributed by atoms with Crippen molar-refractivity contribution in [3.05, 3.63) is 59.4 Å². The number of hydrogen-bond donors (Lipinski definition) is 1. The van der Waals surface area contributed by atoms with E-state index in [-0.39, 0.29) is 29.0 Å². The van der Waals surface area contributed by atoms with Crippen LogP contribution in [0.5, 0.6) is 0 Å². The third-order valence-corrected chi connectivity index (χ3v) is 3.42. The molecule has 0 aliphatic carbocycles. The topological polar surface area (TPSA) is 50.7 Å². The van der Waals surface area contributed by atoms with E-state index in [0.717, 1.165) is 18.2 Å². The van der Waals surface area contributed by atoms with Gasteiger partial charge in [0.25, 0.3) is 0 Å². The Hall–Kier alpha value is -2.90. The van der Waals surface area contributed by atoms with E-state index in [9.17, 15) is 22.4 Å². The van der Waals surface area contributed by atoms with Crippen molar-refractivity contribution in [1.29, 1.82) is 0 Å². The molecule has 4 nitrogen and oxygen atoms in total. The second kappa shape index (κ2) is 5.95. The molecule has 0 spiro atoms. The highest BCUT2D eigenvalue weighted by Crippen LogP contribution is 2.38. The van der Waals surface area contributed by atoms with E-state index in [1.54, 1.807) is 0 Å². The quantitative estimate of drug-likeness (QED) is 0.843. The molecule has 1 N–H and O–H groups in total. The van der Waals surface area contributed by atoms with Crippen molar-refractivity contribution in [2.24, 2.45) is 5.10 Å². The summed E-state index contributed by atoms with van der Waals surface area (Å²) in [5, 5.41) is 3.69. The number of carbonyl (C=O) groups is 1. The largest absolute Gasteiger partial charge is 0.442 e. The Kier molecular flexibility index (Phi) is 3.96. The van der Waals surface area contributed by atoms with Gasteiger partial charge in [0, 0.05) is 5.56 Å². The number of nitrogens with zero attached hydrogens (tertiary/aromatic N) is 1. The van der Waals surface area contributed by atoms with Crippen LogP contribution in [0.3, 0.4) is 0 Å². The highest BCUT2D eigenvalue weighted by molar-refractivity contribution is 6.04. The standard InChI is InChI=1S/C16H10F4N2O2/c17-11-3-1-2-9(6-11)12-5-4-10(7-13(12)16(18,19)20)14-8-24-15(23)22-21-14/h1-7H,8H2,(H,22,23). The number of hydrazone groups is 1. The maximum atomic E-state index is 13.4. The van der Waals surface area contributed by atoms with Gasteiger partial charge in [0.2, 0.25) is 0 Å². The number of amides is 1. The molecule has 3 rings (SSSR count). The normalized spacial score (nSPS) is 14.7. The van der Waals surface area contributed by atoms with Crippen LogP contribution in [0.15, 0.2) is 47.6 Å². The SMILES string of the molecule is O=C1NN=C(c2ccc(-c3cccc(F)c3)c(C(F)(F)F)c2)CO1. The molecular formula is C16H10F4N2O2. The highest BCUT2D eigenvalue weighted by atomic mass is 19.4. The minimum Gasteiger partial charge on any atom is -0.442 e. The van der Waals surface area contributed by atoms with Crippen LogP contribution < -0.4 is 5.43 Å². The minimum absolute atomic E-state index is 0.115. The Morgan fingerprint density at radius 2 is 1.88 bits per heavy atom. The smallest absolute Gasteiger partial charge is 0.428 e. The van der Waals surface area contributed by atoms with Gasteiger partial charge in [0.15, 0.2) is 0 Å². The average Bonchev–Trinajstić information content (AvgIpc) is 2.54. The van der Waals surface area contributed by atoms with Gasteiger partial charge in [-0.05, 0) is 29.3 Å². The molecule has 1 amide bonds. The van der Waals surface area contributed by atoms with E-state index in [0.29, 0.717) is 0 Å². The summed E-state index contributed by atoms with van der Waals surface area (Å²) in [5.41, 5.74) is 1.39. The van der Waals surface area contributed by atoms with Gasteiger partial charge < -0.3 is 4.74 Å². The fraction of sp³-hybridized carbons (Fsp3) is 0.125. The van der Waals surface area contributed by atoms with Gasteiger partial charge in [-0.3, -0.25) is 0 Å². The summed E-state index contributed by atoms with van der Waals surface area (Å²) >= 11 is 0. The molecule has 1 heterocycles. The van der Waals surface area contributed by atoms with E-state index < -0.39 is 23.7 Å². The molecule has 24 heavy (non-hydrogen) atoms. The molecule has 0 saturated carbocycles. The van der Waals surface area contributed by atoms with Gasteiger partial charge in [0.1, 0.15) is 18.1 Å². The van der Waals surface area contributed by atoms with Crippen LogP contribution in [-0.2, 0) is 10.9 Å². The van der Waals surface area contributed by atoms with E-state index in [1.165, 1.54) is 24.3 Å². The van der Waals surface area contributed by atoms with E-state index in [2.05, 4.69) is 9.84 Å². The molecule has 0 bridgehead atoms. The molecule has 1 aliphatic heterocycles. The number of nitrogens with one attached hydrogen (secondary N) is 1. The Balaban J connectivity index is 2.10. The number of alkyl halides is 3. The number of hydrogen-bond acceptors (Lipinski definition) is 3. The monoisotopic (exact) mass is 338 g/mol. The summed E-state index contributed by atoms with van der Waals surface area (Å²) in [5.74, 6) is -0.627. The Labute approximate surface area is 133 Å². The van der Waals surface area contributed by atoms with Crippen LogP contribution in [0.25, 0.3) is 11.1 Å². The lowest BCUT2D eigenvalue weighted by atomic mass is 9.95. The Morgan fingerprint density at radius 3 is 2.50 bits per heavy atom. The summed E-state index contributed by atoms with van der Waals surface area (Å²) in [4.78, 5) is 10.9. The molecular weight excluding hydrogens is 328 g/mol. The number of carbonyl (C=O) groups excluding carboxylic acids is 1. The van der Waals surface area contributed by atoms with E-state index in [1.807, 2.05) is 5.43 Å².